The van der Waals surface area contributed by atoms with Gasteiger partial charge >= 0.3 is 0 Å². The molecule has 2 heterocycles. The molecule has 8 aliphatic rings. The van der Waals surface area contributed by atoms with Gasteiger partial charge in [-0.05, 0) is 48.9 Å². The molecule has 5 heteroatoms. The first-order chi connectivity index (χ1) is 12.8. The summed E-state index contributed by atoms with van der Waals surface area (Å²) in [5.41, 5.74) is -1.35. The van der Waals surface area contributed by atoms with Crippen LogP contribution in [0.3, 0.4) is 0 Å². The number of hydrogen-bond donors (Lipinski definition) is 1. The monoisotopic (exact) mass is 369 g/mol. The number of aliphatic hydroxyl groups excluding tert-OH is 1. The predicted molar refractivity (Wildman–Crippen MR) is 95.4 cm³/mol. The van der Waals surface area contributed by atoms with E-state index in [2.05, 4.69) is 24.0 Å². The van der Waals surface area contributed by atoms with Gasteiger partial charge in [0.05, 0.1) is 18.1 Å². The number of rotatable bonds is 0. The Morgan fingerprint density at radius 2 is 2.11 bits per heavy atom. The number of ketones is 1. The first-order valence-corrected chi connectivity index (χ1v) is 10.7. The zero-order chi connectivity index (χ0) is 18.6. The van der Waals surface area contributed by atoms with Gasteiger partial charge in [0.1, 0.15) is 0 Å². The van der Waals surface area contributed by atoms with E-state index in [1.807, 2.05) is 0 Å². The maximum Gasteiger partial charge on any atom is 0.219 e. The topological polar surface area (TPSA) is 70.1 Å². The molecule has 0 aromatic heterocycles. The first kappa shape index (κ1) is 15.7. The van der Waals surface area contributed by atoms with Gasteiger partial charge in [0.2, 0.25) is 5.91 Å². The summed E-state index contributed by atoms with van der Waals surface area (Å²) < 4.78 is 5.78. The zero-order valence-corrected chi connectivity index (χ0v) is 16.0. The molecule has 0 aromatic rings. The van der Waals surface area contributed by atoms with Crippen molar-refractivity contribution in [2.75, 3.05) is 13.2 Å². The Hall–Kier alpha value is -1.20. The van der Waals surface area contributed by atoms with E-state index >= 15 is 0 Å². The number of piperidine rings is 1. The van der Waals surface area contributed by atoms with E-state index in [0.717, 1.165) is 32.2 Å². The van der Waals surface area contributed by atoms with E-state index in [-0.39, 0.29) is 46.3 Å². The Balaban J connectivity index is 1.51. The van der Waals surface area contributed by atoms with E-state index in [1.165, 1.54) is 0 Å². The van der Waals surface area contributed by atoms with Crippen molar-refractivity contribution in [3.05, 3.63) is 12.2 Å². The number of carbonyl (C=O) groups is 2. The van der Waals surface area contributed by atoms with Gasteiger partial charge in [-0.3, -0.25) is 9.59 Å². The first-order valence-electron chi connectivity index (χ1n) is 10.7. The van der Waals surface area contributed by atoms with Crippen LogP contribution >= 0.6 is 0 Å². The molecule has 2 aliphatic heterocycles. The molecule has 8 rings (SSSR count). The second-order valence-corrected chi connectivity index (χ2v) is 10.9. The second-order valence-electron chi connectivity index (χ2n) is 10.9. The van der Waals surface area contributed by atoms with Crippen molar-refractivity contribution in [1.82, 2.24) is 4.90 Å². The number of Topliss-reactive ketones (excluding diaryl/α,β-unsaturated/α-hetero) is 1. The van der Waals surface area contributed by atoms with E-state index < -0.39 is 17.1 Å². The van der Waals surface area contributed by atoms with Crippen LogP contribution in [0, 0.1) is 39.9 Å². The van der Waals surface area contributed by atoms with Crippen molar-refractivity contribution in [3.63, 3.8) is 0 Å². The van der Waals surface area contributed by atoms with Crippen LogP contribution in [0.15, 0.2) is 12.2 Å². The van der Waals surface area contributed by atoms with Gasteiger partial charge in [0.15, 0.2) is 11.4 Å². The third kappa shape index (κ3) is 1.27. The fourth-order valence-electron chi connectivity index (χ4n) is 9.58. The molecule has 1 N–H and O–H groups in total. The molecule has 3 spiro atoms. The lowest BCUT2D eigenvalue weighted by atomic mass is 9.40. The highest BCUT2D eigenvalue weighted by molar-refractivity contribution is 6.00. The molecule has 4 saturated carbocycles. The Labute approximate surface area is 159 Å². The predicted octanol–water partition coefficient (Wildman–Crippen LogP) is 1.54. The van der Waals surface area contributed by atoms with Crippen LogP contribution in [-0.4, -0.2) is 52.6 Å². The minimum Gasteiger partial charge on any atom is -0.392 e. The maximum atomic E-state index is 13.8. The van der Waals surface area contributed by atoms with Gasteiger partial charge in [0.25, 0.3) is 0 Å². The number of aliphatic hydroxyl groups is 1. The maximum absolute atomic E-state index is 13.8. The molecule has 0 radical (unpaired) electrons. The van der Waals surface area contributed by atoms with Gasteiger partial charge in [-0.15, -0.1) is 0 Å². The summed E-state index contributed by atoms with van der Waals surface area (Å²) in [4.78, 5) is 28.6. The third-order valence-electron chi connectivity index (χ3n) is 10.4. The number of amides is 1. The Morgan fingerprint density at radius 1 is 1.33 bits per heavy atom. The van der Waals surface area contributed by atoms with E-state index in [9.17, 15) is 14.7 Å². The summed E-state index contributed by atoms with van der Waals surface area (Å²) >= 11 is 0. The van der Waals surface area contributed by atoms with E-state index in [1.54, 1.807) is 6.92 Å². The highest BCUT2D eigenvalue weighted by Gasteiger charge is 2.87. The van der Waals surface area contributed by atoms with Gasteiger partial charge in [-0.25, -0.2) is 0 Å². The highest BCUT2D eigenvalue weighted by atomic mass is 16.6. The number of likely N-dealkylation sites (tertiary alicyclic amines) is 1. The van der Waals surface area contributed by atoms with Gasteiger partial charge in [0, 0.05) is 30.8 Å². The molecule has 6 aliphatic carbocycles. The Kier molecular flexibility index (Phi) is 2.36. The summed E-state index contributed by atoms with van der Waals surface area (Å²) in [6, 6.07) is 0.00891. The van der Waals surface area contributed by atoms with Crippen molar-refractivity contribution in [3.8, 4) is 0 Å². The van der Waals surface area contributed by atoms with Crippen molar-refractivity contribution >= 4 is 11.7 Å². The standard InChI is InChI=1S/C22H27NO4/c1-11(24)23-9-19(2)5-4-16(25)22-14(19)8-13(17(22)23)20-6-3-12(7-15(20)22)21(10-27-21)18(20)26/h3,6,12-17,25H,4-5,7-10H2,1-2H3/t12-,13-,14+,15+,16-,17+,19-,20-,21-,22-/m0/s1. The molecule has 1 amide bonds. The van der Waals surface area contributed by atoms with Crippen LogP contribution < -0.4 is 0 Å². The molecular weight excluding hydrogens is 342 g/mol. The zero-order valence-electron chi connectivity index (χ0n) is 16.0. The largest absolute Gasteiger partial charge is 0.392 e. The lowest BCUT2D eigenvalue weighted by Gasteiger charge is -2.66. The molecule has 5 nitrogen and oxygen atoms in total. The van der Waals surface area contributed by atoms with Gasteiger partial charge in [-0.2, -0.15) is 0 Å². The average molecular weight is 369 g/mol. The summed E-state index contributed by atoms with van der Waals surface area (Å²) in [5.74, 6) is 1.25. The number of epoxide rings is 1. The fraction of sp³-hybridized carbons (Fsp3) is 0.818. The molecule has 6 fully saturated rings. The number of ether oxygens (including phenoxy) is 1. The van der Waals surface area contributed by atoms with Crippen LogP contribution in [0.4, 0.5) is 0 Å². The number of allylic oxidation sites excluding steroid dienone is 1. The van der Waals surface area contributed by atoms with E-state index in [0.29, 0.717) is 12.5 Å². The minimum atomic E-state index is -0.579. The molecule has 144 valence electrons. The molecule has 7 bridgehead atoms. The number of hydrogen-bond acceptors (Lipinski definition) is 4. The van der Waals surface area contributed by atoms with Crippen LogP contribution in [0.5, 0.6) is 0 Å². The summed E-state index contributed by atoms with van der Waals surface area (Å²) in [6.07, 6.45) is 7.71. The molecule has 0 unspecified atom stereocenters. The molecular formula is C22H27NO4. The summed E-state index contributed by atoms with van der Waals surface area (Å²) in [5, 5.41) is 11.5. The van der Waals surface area contributed by atoms with Crippen LogP contribution in [-0.2, 0) is 14.3 Å². The lowest BCUT2D eigenvalue weighted by molar-refractivity contribution is -0.209. The normalized spacial score (nSPS) is 63.7. The Morgan fingerprint density at radius 3 is 2.81 bits per heavy atom. The number of nitrogens with zero attached hydrogens (tertiary/aromatic N) is 1. The van der Waals surface area contributed by atoms with E-state index in [4.69, 9.17) is 4.74 Å². The lowest BCUT2D eigenvalue weighted by Crippen LogP contribution is -2.70. The van der Waals surface area contributed by atoms with Crippen molar-refractivity contribution in [2.45, 2.75) is 57.3 Å². The van der Waals surface area contributed by atoms with Crippen LogP contribution in [0.2, 0.25) is 0 Å². The van der Waals surface area contributed by atoms with Crippen LogP contribution in [0.1, 0.15) is 39.5 Å². The average Bonchev–Trinajstić information content (AvgIpc) is 3.32. The minimum absolute atomic E-state index is 0.00891. The Bertz CT molecular complexity index is 847. The third-order valence-corrected chi connectivity index (χ3v) is 10.4. The highest BCUT2D eigenvalue weighted by Crippen LogP contribution is 2.82. The SMILES string of the molecule is CC(=O)N1C[C@]2(C)CC[C@H](O)[C@@]34[C@@H]2C[C@@H]([C@@H]13)[C@@]12C=C[C@@H](C[C@H]14)[C@@]1(CO1)C2=O. The molecule has 0 aromatic carbocycles. The van der Waals surface area contributed by atoms with Gasteiger partial charge < -0.3 is 14.7 Å². The second kappa shape index (κ2) is 4.06. The van der Waals surface area contributed by atoms with Crippen molar-refractivity contribution in [1.29, 1.82) is 0 Å². The summed E-state index contributed by atoms with van der Waals surface area (Å²) in [7, 11) is 0. The molecule has 10 atom stereocenters. The van der Waals surface area contributed by atoms with Gasteiger partial charge in [-0.1, -0.05) is 19.1 Å². The van der Waals surface area contributed by atoms with Crippen molar-refractivity contribution in [2.24, 2.45) is 39.9 Å². The molecule has 2 saturated heterocycles. The van der Waals surface area contributed by atoms with Crippen molar-refractivity contribution < 1.29 is 19.4 Å². The number of carbonyl (C=O) groups excluding carboxylic acids is 2. The summed E-state index contributed by atoms with van der Waals surface area (Å²) in [6.45, 7) is 5.34. The molecule has 27 heavy (non-hydrogen) atoms. The smallest absolute Gasteiger partial charge is 0.219 e. The van der Waals surface area contributed by atoms with Crippen LogP contribution in [0.25, 0.3) is 0 Å². The quantitative estimate of drug-likeness (QED) is 0.519. The fourth-order valence-corrected chi connectivity index (χ4v) is 9.58.